The molecule has 0 aliphatic heterocycles. The van der Waals surface area contributed by atoms with Crippen LogP contribution in [-0.4, -0.2) is 19.4 Å². The molecule has 0 heterocycles. The summed E-state index contributed by atoms with van der Waals surface area (Å²) in [5, 5.41) is 0. The zero-order valence-electron chi connectivity index (χ0n) is 14.3. The van der Waals surface area contributed by atoms with Gasteiger partial charge < -0.3 is 4.52 Å². The SMILES string of the molecule is CCCCCCCCCCCCP(C)(=O)OCC(C)C. The molecule has 122 valence electrons. The highest BCUT2D eigenvalue weighted by Crippen LogP contribution is 2.43. The summed E-state index contributed by atoms with van der Waals surface area (Å²) >= 11 is 0. The first-order chi connectivity index (χ1) is 9.48. The molecule has 1 unspecified atom stereocenters. The molecule has 0 aromatic heterocycles. The summed E-state index contributed by atoms with van der Waals surface area (Å²) in [7, 11) is -2.32. The molecule has 0 aliphatic rings. The van der Waals surface area contributed by atoms with Gasteiger partial charge >= 0.3 is 0 Å². The van der Waals surface area contributed by atoms with Crippen LogP contribution in [-0.2, 0) is 9.09 Å². The quantitative estimate of drug-likeness (QED) is 0.271. The lowest BCUT2D eigenvalue weighted by Crippen LogP contribution is -2.02. The smallest absolute Gasteiger partial charge is 0.200 e. The third kappa shape index (κ3) is 14.6. The normalized spacial score (nSPS) is 14.7. The van der Waals surface area contributed by atoms with Crippen molar-refractivity contribution in [3.05, 3.63) is 0 Å². The van der Waals surface area contributed by atoms with Crippen molar-refractivity contribution in [2.24, 2.45) is 5.92 Å². The first kappa shape index (κ1) is 20.2. The van der Waals surface area contributed by atoms with E-state index in [0.717, 1.165) is 12.6 Å². The second kappa shape index (κ2) is 12.9. The van der Waals surface area contributed by atoms with Crippen LogP contribution in [0.4, 0.5) is 0 Å². The van der Waals surface area contributed by atoms with Gasteiger partial charge in [-0.2, -0.15) is 0 Å². The molecule has 0 N–H and O–H groups in total. The zero-order chi connectivity index (χ0) is 15.3. The van der Waals surface area contributed by atoms with Gasteiger partial charge in [0, 0.05) is 12.8 Å². The maximum Gasteiger partial charge on any atom is 0.200 e. The standard InChI is InChI=1S/C17H37O2P/c1-5-6-7-8-9-10-11-12-13-14-15-20(4,18)19-16-17(2)3/h17H,5-16H2,1-4H3. The lowest BCUT2D eigenvalue weighted by molar-refractivity contribution is 0.272. The molecule has 0 spiro atoms. The Balaban J connectivity index is 3.32. The molecule has 0 saturated heterocycles. The van der Waals surface area contributed by atoms with Crippen LogP contribution >= 0.6 is 7.37 Å². The van der Waals surface area contributed by atoms with Crippen molar-refractivity contribution in [3.63, 3.8) is 0 Å². The number of rotatable bonds is 14. The molecule has 0 aromatic rings. The molecular weight excluding hydrogens is 267 g/mol. The highest BCUT2D eigenvalue weighted by atomic mass is 31.2. The van der Waals surface area contributed by atoms with Crippen LogP contribution in [0, 0.1) is 5.92 Å². The Morgan fingerprint density at radius 3 is 1.75 bits per heavy atom. The molecule has 0 amide bonds. The highest BCUT2D eigenvalue weighted by Gasteiger charge is 2.15. The van der Waals surface area contributed by atoms with Gasteiger partial charge in [0.2, 0.25) is 0 Å². The van der Waals surface area contributed by atoms with Crippen molar-refractivity contribution in [1.29, 1.82) is 0 Å². The Bertz CT molecular complexity index is 251. The third-order valence-electron chi connectivity index (χ3n) is 3.60. The average Bonchev–Trinajstić information content (AvgIpc) is 2.39. The van der Waals surface area contributed by atoms with Gasteiger partial charge in [0.1, 0.15) is 0 Å². The summed E-state index contributed by atoms with van der Waals surface area (Å²) in [6, 6.07) is 0. The summed E-state index contributed by atoms with van der Waals surface area (Å²) in [5.74, 6) is 0.469. The minimum Gasteiger partial charge on any atom is -0.328 e. The van der Waals surface area contributed by atoms with Crippen LogP contribution in [0.3, 0.4) is 0 Å². The lowest BCUT2D eigenvalue weighted by atomic mass is 10.1. The number of hydrogen-bond acceptors (Lipinski definition) is 2. The summed E-state index contributed by atoms with van der Waals surface area (Å²) < 4.78 is 17.7. The molecule has 2 nitrogen and oxygen atoms in total. The second-order valence-electron chi connectivity index (χ2n) is 6.61. The van der Waals surface area contributed by atoms with E-state index in [-0.39, 0.29) is 0 Å². The Labute approximate surface area is 127 Å². The van der Waals surface area contributed by atoms with E-state index in [2.05, 4.69) is 20.8 Å². The predicted octanol–water partition coefficient (Wildman–Crippen LogP) is 6.49. The zero-order valence-corrected chi connectivity index (χ0v) is 15.2. The topological polar surface area (TPSA) is 26.3 Å². The lowest BCUT2D eigenvalue weighted by Gasteiger charge is -2.15. The first-order valence-corrected chi connectivity index (χ1v) is 10.9. The maximum atomic E-state index is 12.1. The van der Waals surface area contributed by atoms with E-state index in [0.29, 0.717) is 12.5 Å². The molecular formula is C17H37O2P. The van der Waals surface area contributed by atoms with Crippen LogP contribution in [0.25, 0.3) is 0 Å². The molecule has 0 radical (unpaired) electrons. The summed E-state index contributed by atoms with van der Waals surface area (Å²) in [6.07, 6.45) is 13.9. The van der Waals surface area contributed by atoms with Gasteiger partial charge in [0.25, 0.3) is 0 Å². The second-order valence-corrected chi connectivity index (χ2v) is 9.34. The van der Waals surface area contributed by atoms with Gasteiger partial charge in [-0.05, 0) is 12.3 Å². The van der Waals surface area contributed by atoms with Gasteiger partial charge in [0.15, 0.2) is 7.37 Å². The van der Waals surface area contributed by atoms with Crippen LogP contribution < -0.4 is 0 Å². The van der Waals surface area contributed by atoms with Crippen LogP contribution in [0.1, 0.15) is 85.0 Å². The van der Waals surface area contributed by atoms with Crippen molar-refractivity contribution in [3.8, 4) is 0 Å². The van der Waals surface area contributed by atoms with Gasteiger partial charge in [-0.3, -0.25) is 4.57 Å². The Hall–Kier alpha value is 0.190. The van der Waals surface area contributed by atoms with Gasteiger partial charge in [-0.15, -0.1) is 0 Å². The average molecular weight is 304 g/mol. The number of unbranched alkanes of at least 4 members (excludes halogenated alkanes) is 9. The third-order valence-corrected chi connectivity index (χ3v) is 5.42. The van der Waals surface area contributed by atoms with Crippen molar-refractivity contribution in [2.75, 3.05) is 19.4 Å². The summed E-state index contributed by atoms with van der Waals surface area (Å²) in [5.41, 5.74) is 0. The molecule has 3 heteroatoms. The van der Waals surface area contributed by atoms with E-state index >= 15 is 0 Å². The van der Waals surface area contributed by atoms with Crippen molar-refractivity contribution in [2.45, 2.75) is 85.0 Å². The molecule has 0 fully saturated rings. The van der Waals surface area contributed by atoms with E-state index in [4.69, 9.17) is 4.52 Å². The fourth-order valence-corrected chi connectivity index (χ4v) is 3.80. The Kier molecular flexibility index (Phi) is 13.0. The summed E-state index contributed by atoms with van der Waals surface area (Å²) in [4.78, 5) is 0. The number of hydrogen-bond donors (Lipinski definition) is 0. The van der Waals surface area contributed by atoms with Gasteiger partial charge in [0.05, 0.1) is 6.61 Å². The molecule has 1 atom stereocenters. The molecule has 20 heavy (non-hydrogen) atoms. The van der Waals surface area contributed by atoms with E-state index in [1.54, 1.807) is 6.66 Å². The Morgan fingerprint density at radius 2 is 1.30 bits per heavy atom. The molecule has 0 saturated carbocycles. The maximum absolute atomic E-state index is 12.1. The van der Waals surface area contributed by atoms with Crippen molar-refractivity contribution < 1.29 is 9.09 Å². The fourth-order valence-electron chi connectivity index (χ4n) is 2.26. The molecule has 0 aliphatic carbocycles. The Morgan fingerprint density at radius 1 is 0.850 bits per heavy atom. The van der Waals surface area contributed by atoms with E-state index in [1.807, 2.05) is 0 Å². The fraction of sp³-hybridized carbons (Fsp3) is 1.00. The largest absolute Gasteiger partial charge is 0.328 e. The van der Waals surface area contributed by atoms with E-state index in [1.165, 1.54) is 57.8 Å². The monoisotopic (exact) mass is 304 g/mol. The van der Waals surface area contributed by atoms with Crippen LogP contribution in [0.15, 0.2) is 0 Å². The highest BCUT2D eigenvalue weighted by molar-refractivity contribution is 7.58. The van der Waals surface area contributed by atoms with Crippen LogP contribution in [0.5, 0.6) is 0 Å². The molecule has 0 aromatic carbocycles. The predicted molar refractivity (Wildman–Crippen MR) is 91.0 cm³/mol. The minimum absolute atomic E-state index is 0.469. The van der Waals surface area contributed by atoms with Crippen molar-refractivity contribution in [1.82, 2.24) is 0 Å². The minimum atomic E-state index is -2.32. The van der Waals surface area contributed by atoms with Gasteiger partial charge in [-0.1, -0.05) is 78.6 Å². The van der Waals surface area contributed by atoms with E-state index < -0.39 is 7.37 Å². The first-order valence-electron chi connectivity index (χ1n) is 8.69. The molecule has 0 bridgehead atoms. The van der Waals surface area contributed by atoms with Crippen molar-refractivity contribution >= 4 is 7.37 Å². The van der Waals surface area contributed by atoms with E-state index in [9.17, 15) is 4.57 Å². The molecule has 0 rings (SSSR count). The van der Waals surface area contributed by atoms with Gasteiger partial charge in [-0.25, -0.2) is 0 Å². The summed E-state index contributed by atoms with van der Waals surface area (Å²) in [6.45, 7) is 8.88. The van der Waals surface area contributed by atoms with Crippen LogP contribution in [0.2, 0.25) is 0 Å².